The number of amides is 1. The Labute approximate surface area is 202 Å². The number of pyridine rings is 1. The van der Waals surface area contributed by atoms with Crippen LogP contribution in [0.4, 0.5) is 0 Å². The molecule has 1 spiro atoms. The normalized spacial score (nSPS) is 16.2. The minimum Gasteiger partial charge on any atom is -0.493 e. The first-order chi connectivity index (χ1) is 17.0. The lowest BCUT2D eigenvalue weighted by Gasteiger charge is -2.55. The van der Waals surface area contributed by atoms with Gasteiger partial charge in [0.1, 0.15) is 11.5 Å². The Morgan fingerprint density at radius 1 is 1.11 bits per heavy atom. The SMILES string of the molecule is COc1cc2c(Oc3ccc4[nH]c(C)cc4c3)ccnc2cc1OCCC(=O)N1CC2(COC2)C1. The molecule has 0 radical (unpaired) electrons. The second kappa shape index (κ2) is 8.46. The predicted octanol–water partition coefficient (Wildman–Crippen LogP) is 4.45. The molecule has 2 aromatic carbocycles. The van der Waals surface area contributed by atoms with E-state index < -0.39 is 0 Å². The van der Waals surface area contributed by atoms with Crippen LogP contribution in [-0.2, 0) is 9.53 Å². The Morgan fingerprint density at radius 3 is 2.74 bits per heavy atom. The molecule has 0 saturated carbocycles. The summed E-state index contributed by atoms with van der Waals surface area (Å²) < 4.78 is 23.0. The third kappa shape index (κ3) is 4.04. The van der Waals surface area contributed by atoms with E-state index in [1.807, 2.05) is 48.2 Å². The van der Waals surface area contributed by atoms with Gasteiger partial charge in [0.25, 0.3) is 0 Å². The topological polar surface area (TPSA) is 85.9 Å². The van der Waals surface area contributed by atoms with Crippen molar-refractivity contribution in [2.24, 2.45) is 5.41 Å². The molecule has 6 rings (SSSR count). The molecule has 1 amide bonds. The highest BCUT2D eigenvalue weighted by molar-refractivity contribution is 5.89. The number of methoxy groups -OCH3 is 1. The van der Waals surface area contributed by atoms with Crippen LogP contribution in [0.2, 0.25) is 0 Å². The van der Waals surface area contributed by atoms with Crippen LogP contribution >= 0.6 is 0 Å². The predicted molar refractivity (Wildman–Crippen MR) is 131 cm³/mol. The molecule has 2 aliphatic heterocycles. The quantitative estimate of drug-likeness (QED) is 0.427. The summed E-state index contributed by atoms with van der Waals surface area (Å²) in [6.45, 7) is 5.40. The van der Waals surface area contributed by atoms with Crippen molar-refractivity contribution in [3.05, 3.63) is 54.4 Å². The largest absolute Gasteiger partial charge is 0.493 e. The van der Waals surface area contributed by atoms with Crippen LogP contribution in [0.15, 0.2) is 48.7 Å². The van der Waals surface area contributed by atoms with Gasteiger partial charge in [-0.25, -0.2) is 0 Å². The number of aryl methyl sites for hydroxylation is 1. The molecular formula is C27H27N3O5. The van der Waals surface area contributed by atoms with Gasteiger partial charge in [0, 0.05) is 47.3 Å². The number of fused-ring (bicyclic) bond motifs is 2. The fourth-order valence-corrected chi connectivity index (χ4v) is 4.86. The van der Waals surface area contributed by atoms with Gasteiger partial charge in [-0.05, 0) is 43.3 Å². The van der Waals surface area contributed by atoms with E-state index in [-0.39, 0.29) is 17.9 Å². The van der Waals surface area contributed by atoms with Gasteiger partial charge in [-0.15, -0.1) is 0 Å². The summed E-state index contributed by atoms with van der Waals surface area (Å²) in [5, 5.41) is 1.90. The van der Waals surface area contributed by atoms with Crippen LogP contribution in [0.5, 0.6) is 23.0 Å². The molecule has 0 bridgehead atoms. The highest BCUT2D eigenvalue weighted by atomic mass is 16.5. The molecule has 4 aromatic rings. The van der Waals surface area contributed by atoms with E-state index in [4.69, 9.17) is 18.9 Å². The molecule has 35 heavy (non-hydrogen) atoms. The second-order valence-electron chi connectivity index (χ2n) is 9.47. The summed E-state index contributed by atoms with van der Waals surface area (Å²) in [4.78, 5) is 22.1. The van der Waals surface area contributed by atoms with E-state index >= 15 is 0 Å². The Balaban J connectivity index is 1.17. The lowest BCUT2D eigenvalue weighted by atomic mass is 9.78. The van der Waals surface area contributed by atoms with Gasteiger partial charge in [-0.2, -0.15) is 0 Å². The van der Waals surface area contributed by atoms with E-state index in [1.165, 1.54) is 0 Å². The summed E-state index contributed by atoms with van der Waals surface area (Å²) in [6, 6.07) is 13.6. The van der Waals surface area contributed by atoms with Gasteiger partial charge in [-0.3, -0.25) is 9.78 Å². The molecule has 2 fully saturated rings. The van der Waals surface area contributed by atoms with Crippen molar-refractivity contribution in [3.63, 3.8) is 0 Å². The van der Waals surface area contributed by atoms with Gasteiger partial charge >= 0.3 is 0 Å². The third-order valence-electron chi connectivity index (χ3n) is 6.74. The first kappa shape index (κ1) is 21.7. The van der Waals surface area contributed by atoms with Crippen molar-refractivity contribution in [1.29, 1.82) is 0 Å². The number of carbonyl (C=O) groups excluding carboxylic acids is 1. The first-order valence-electron chi connectivity index (χ1n) is 11.7. The van der Waals surface area contributed by atoms with Gasteiger partial charge in [0.05, 0.1) is 44.3 Å². The van der Waals surface area contributed by atoms with Crippen molar-refractivity contribution in [2.75, 3.05) is 40.0 Å². The number of aromatic amines is 1. The molecule has 2 aliphatic rings. The number of hydrogen-bond donors (Lipinski definition) is 1. The molecule has 4 heterocycles. The van der Waals surface area contributed by atoms with E-state index in [9.17, 15) is 4.79 Å². The maximum absolute atomic E-state index is 12.5. The Bertz CT molecular complexity index is 1420. The number of ether oxygens (including phenoxy) is 4. The van der Waals surface area contributed by atoms with Crippen molar-refractivity contribution in [3.8, 4) is 23.0 Å². The lowest BCUT2D eigenvalue weighted by Crippen LogP contribution is -2.67. The van der Waals surface area contributed by atoms with Crippen LogP contribution in [0.3, 0.4) is 0 Å². The molecule has 0 unspecified atom stereocenters. The Kier molecular flexibility index (Phi) is 5.25. The van der Waals surface area contributed by atoms with Gasteiger partial charge in [-0.1, -0.05) is 0 Å². The number of benzene rings is 2. The maximum Gasteiger partial charge on any atom is 0.226 e. The Morgan fingerprint density at radius 2 is 1.97 bits per heavy atom. The maximum atomic E-state index is 12.5. The molecule has 0 aliphatic carbocycles. The zero-order valence-corrected chi connectivity index (χ0v) is 19.8. The van der Waals surface area contributed by atoms with E-state index in [0.29, 0.717) is 23.7 Å². The summed E-state index contributed by atoms with van der Waals surface area (Å²) in [6.07, 6.45) is 2.02. The number of rotatable bonds is 7. The van der Waals surface area contributed by atoms with Crippen LogP contribution < -0.4 is 14.2 Å². The molecule has 8 heteroatoms. The summed E-state index contributed by atoms with van der Waals surface area (Å²) in [7, 11) is 1.60. The first-order valence-corrected chi connectivity index (χ1v) is 11.7. The average Bonchev–Trinajstić information content (AvgIpc) is 3.16. The average molecular weight is 474 g/mol. The molecule has 8 nitrogen and oxygen atoms in total. The van der Waals surface area contributed by atoms with Crippen LogP contribution in [0.25, 0.3) is 21.8 Å². The van der Waals surface area contributed by atoms with Crippen LogP contribution in [0, 0.1) is 12.3 Å². The summed E-state index contributed by atoms with van der Waals surface area (Å²) in [5.41, 5.74) is 3.11. The van der Waals surface area contributed by atoms with E-state index in [0.717, 1.165) is 59.6 Å². The third-order valence-corrected chi connectivity index (χ3v) is 6.74. The fourth-order valence-electron chi connectivity index (χ4n) is 4.86. The number of hydrogen-bond acceptors (Lipinski definition) is 6. The van der Waals surface area contributed by atoms with E-state index in [1.54, 1.807) is 13.3 Å². The zero-order valence-electron chi connectivity index (χ0n) is 19.8. The number of aromatic nitrogens is 2. The minimum absolute atomic E-state index is 0.102. The summed E-state index contributed by atoms with van der Waals surface area (Å²) >= 11 is 0. The Hall–Kier alpha value is -3.78. The highest BCUT2D eigenvalue weighted by Gasteiger charge is 2.50. The second-order valence-corrected chi connectivity index (χ2v) is 9.47. The molecule has 2 saturated heterocycles. The van der Waals surface area contributed by atoms with Crippen LogP contribution in [0.1, 0.15) is 12.1 Å². The lowest BCUT2D eigenvalue weighted by molar-refractivity contribution is -0.195. The molecule has 1 N–H and O–H groups in total. The fraction of sp³-hybridized carbons (Fsp3) is 0.333. The van der Waals surface area contributed by atoms with Gasteiger partial charge < -0.3 is 28.8 Å². The molecule has 0 atom stereocenters. The summed E-state index contributed by atoms with van der Waals surface area (Å²) in [5.74, 6) is 2.63. The zero-order chi connectivity index (χ0) is 24.0. The molecule has 180 valence electrons. The molecular weight excluding hydrogens is 446 g/mol. The van der Waals surface area contributed by atoms with E-state index in [2.05, 4.69) is 16.0 Å². The number of H-pyrrole nitrogens is 1. The van der Waals surface area contributed by atoms with Crippen molar-refractivity contribution >= 4 is 27.7 Å². The smallest absolute Gasteiger partial charge is 0.226 e. The number of carbonyl (C=O) groups is 1. The van der Waals surface area contributed by atoms with Gasteiger partial charge in [0.15, 0.2) is 11.5 Å². The number of likely N-dealkylation sites (tertiary alicyclic amines) is 1. The van der Waals surface area contributed by atoms with Crippen molar-refractivity contribution in [1.82, 2.24) is 14.9 Å². The minimum atomic E-state index is 0.102. The highest BCUT2D eigenvalue weighted by Crippen LogP contribution is 2.39. The monoisotopic (exact) mass is 473 g/mol. The standard InChI is InChI=1S/C27H27N3O5/c1-17-9-18-10-19(3-4-21(18)29-17)35-23-5-7-28-22-12-25(24(32-2)11-20(22)23)34-8-6-26(31)30-13-27(14-30)15-33-16-27/h3-5,7,9-12,29H,6,8,13-16H2,1-2H3. The van der Waals surface area contributed by atoms with Gasteiger partial charge in [0.2, 0.25) is 5.91 Å². The van der Waals surface area contributed by atoms with Crippen molar-refractivity contribution in [2.45, 2.75) is 13.3 Å². The number of nitrogens with one attached hydrogen (secondary N) is 1. The number of nitrogens with zero attached hydrogens (tertiary/aromatic N) is 2. The van der Waals surface area contributed by atoms with Crippen molar-refractivity contribution < 1.29 is 23.7 Å². The van der Waals surface area contributed by atoms with Crippen LogP contribution in [-0.4, -0.2) is 60.8 Å². The molecule has 2 aromatic heterocycles.